The SMILES string of the molecule is CN(CCOc1ccc2c(ccc3occ([C@@H]4CCC(=O)NC4=O)c32)c1)C(=O)OC(C)(C)C.CN(CCOc1ccc2c(ccc3occ([C@@H]4CCC(=O)NC4=O)c32)c1)C1CCNCC1.CN(CCOc1ccc2c(ccc3occ([C@H]4CCC(=O)NC4=O)c32)c1)C(=O)OC(C)(C)C.CN(CCOc1ccc2c(ccc3occ([C@H]4CCC(=O)NC4=O)c32)c1)C1CCNCC1. The highest BCUT2D eigenvalue weighted by Crippen LogP contribution is 2.44. The number of hydrogen-bond donors (Lipinski definition) is 6. The summed E-state index contributed by atoms with van der Waals surface area (Å²) in [6, 6.07) is 40.3. The second-order valence-corrected chi connectivity index (χ2v) is 36.2. The van der Waals surface area contributed by atoms with Crippen LogP contribution in [0.25, 0.3) is 87.0 Å². The van der Waals surface area contributed by atoms with Gasteiger partial charge in [0.1, 0.15) is 83.0 Å². The number of amides is 10. The van der Waals surface area contributed by atoms with E-state index in [2.05, 4.69) is 55.8 Å². The van der Waals surface area contributed by atoms with E-state index in [1.165, 1.54) is 35.5 Å². The van der Waals surface area contributed by atoms with E-state index in [0.29, 0.717) is 126 Å². The molecular weight excluding hydrogens is 1660 g/mol. The molecule has 0 spiro atoms. The molecule has 0 aliphatic carbocycles. The number of nitrogens with zero attached hydrogens (tertiary/aromatic N) is 4. The van der Waals surface area contributed by atoms with Crippen LogP contribution in [-0.4, -0.2) is 209 Å². The average molecular weight is 1780 g/mol. The van der Waals surface area contributed by atoms with Crippen molar-refractivity contribution in [1.82, 2.24) is 51.5 Å². The van der Waals surface area contributed by atoms with Gasteiger partial charge in [-0.05, 0) is 273 Å². The summed E-state index contributed by atoms with van der Waals surface area (Å²) in [5, 5.41) is 28.1. The van der Waals surface area contributed by atoms with E-state index in [4.69, 9.17) is 46.1 Å². The van der Waals surface area contributed by atoms with Crippen LogP contribution in [0.4, 0.5) is 9.59 Å². The van der Waals surface area contributed by atoms with Gasteiger partial charge in [-0.1, -0.05) is 24.3 Å². The van der Waals surface area contributed by atoms with E-state index in [9.17, 15) is 47.9 Å². The molecule has 18 rings (SSSR count). The van der Waals surface area contributed by atoms with E-state index >= 15 is 0 Å². The van der Waals surface area contributed by atoms with Gasteiger partial charge in [-0.25, -0.2) is 9.59 Å². The van der Waals surface area contributed by atoms with Gasteiger partial charge in [0.05, 0.1) is 61.8 Å². The molecule has 8 aromatic carbocycles. The van der Waals surface area contributed by atoms with Crippen LogP contribution in [0.15, 0.2) is 164 Å². The van der Waals surface area contributed by atoms with Crippen molar-refractivity contribution in [3.05, 3.63) is 169 Å². The average Bonchev–Trinajstić information content (AvgIpc) is 1.49. The van der Waals surface area contributed by atoms with Gasteiger partial charge in [-0.2, -0.15) is 0 Å². The zero-order valence-electron chi connectivity index (χ0n) is 75.2. The predicted octanol–water partition coefficient (Wildman–Crippen LogP) is 15.0. The summed E-state index contributed by atoms with van der Waals surface area (Å²) in [4.78, 5) is 128. The number of furan rings is 4. The van der Waals surface area contributed by atoms with E-state index in [1.807, 2.05) is 163 Å². The Morgan fingerprint density at radius 1 is 0.338 bits per heavy atom. The van der Waals surface area contributed by atoms with Gasteiger partial charge in [0.2, 0.25) is 47.3 Å². The molecule has 6 N–H and O–H groups in total. The maximum atomic E-state index is 12.4. The normalized spacial score (nSPS) is 18.4. The fourth-order valence-corrected chi connectivity index (χ4v) is 17.8. The molecule has 6 aliphatic heterocycles. The predicted molar refractivity (Wildman–Crippen MR) is 492 cm³/mol. The van der Waals surface area contributed by atoms with Gasteiger partial charge in [0.25, 0.3) is 0 Å². The maximum Gasteiger partial charge on any atom is 0.410 e. The Bertz CT molecular complexity index is 5860. The second kappa shape index (κ2) is 40.4. The third kappa shape index (κ3) is 22.0. The Labute approximate surface area is 752 Å². The zero-order chi connectivity index (χ0) is 91.7. The minimum absolute atomic E-state index is 0.212. The topological polar surface area (TPSA) is 364 Å². The first-order valence-corrected chi connectivity index (χ1v) is 44.8. The van der Waals surface area contributed by atoms with Crippen LogP contribution in [0.3, 0.4) is 0 Å². The van der Waals surface area contributed by atoms with Crippen molar-refractivity contribution in [2.24, 2.45) is 0 Å². The van der Waals surface area contributed by atoms with Crippen LogP contribution in [0.2, 0.25) is 0 Å². The summed E-state index contributed by atoms with van der Waals surface area (Å²) in [6.45, 7) is 19.8. The van der Waals surface area contributed by atoms with Gasteiger partial charge in [-0.3, -0.25) is 69.4 Å². The quantitative estimate of drug-likeness (QED) is 0.0343. The molecule has 0 radical (unpaired) electrons. The standard InChI is InChI=1S/2C25H29N3O4.2C25H28N2O6/c2*1-28(17-8-10-26-11-9-17)12-13-31-18-3-4-19-16(14-18)2-6-22-24(19)21(15-32-22)20-5-7-23(29)27-25(20)30;2*1-25(2,3)33-24(30)27(4)11-12-31-16-6-7-17-15(13-16)5-9-20-22(17)19(14-32-20)18-8-10-21(28)26-23(18)29/h2*2-4,6,14-15,17,20,26H,5,7-13H2,1H3,(H,27,29,30);2*5-7,9,13-14,18H,8,10-12H2,1-4H3,(H,26,28,29)/t2*20-;2*18-/m1010/s1. The number of piperidine rings is 6. The Balaban J connectivity index is 0.000000133. The number of imide groups is 4. The molecule has 4 atom stereocenters. The smallest absolute Gasteiger partial charge is 0.410 e. The summed E-state index contributed by atoms with van der Waals surface area (Å²) >= 11 is 0. The molecule has 30 heteroatoms. The van der Waals surface area contributed by atoms with Gasteiger partial charge >= 0.3 is 12.2 Å². The van der Waals surface area contributed by atoms with Crippen LogP contribution in [-0.2, 0) is 47.8 Å². The lowest BCUT2D eigenvalue weighted by molar-refractivity contribution is -0.135. The number of ether oxygens (including phenoxy) is 6. The van der Waals surface area contributed by atoms with E-state index < -0.39 is 35.2 Å². The lowest BCUT2D eigenvalue weighted by atomic mass is 9.89. The summed E-state index contributed by atoms with van der Waals surface area (Å²) in [5.41, 5.74) is 5.03. The summed E-state index contributed by atoms with van der Waals surface area (Å²) in [7, 11) is 7.69. The molecule has 0 unspecified atom stereocenters. The molecule has 0 bridgehead atoms. The zero-order valence-corrected chi connectivity index (χ0v) is 75.2. The molecule has 6 fully saturated rings. The fraction of sp³-hybridized carbons (Fsp3) is 0.420. The van der Waals surface area contributed by atoms with Crippen LogP contribution in [0.5, 0.6) is 23.0 Å². The van der Waals surface area contributed by atoms with Crippen LogP contribution >= 0.6 is 0 Å². The third-order valence-electron chi connectivity index (χ3n) is 24.8. The summed E-state index contributed by atoms with van der Waals surface area (Å²) in [6.07, 6.45) is 13.7. The Morgan fingerprint density at radius 3 is 0.823 bits per heavy atom. The summed E-state index contributed by atoms with van der Waals surface area (Å²) in [5.74, 6) is -0.574. The van der Waals surface area contributed by atoms with Crippen molar-refractivity contribution in [2.75, 3.05) is 107 Å². The van der Waals surface area contributed by atoms with Crippen molar-refractivity contribution < 1.29 is 94.0 Å². The molecule has 6 aliphatic rings. The highest BCUT2D eigenvalue weighted by Gasteiger charge is 2.37. The minimum atomic E-state index is -0.546. The molecule has 6 saturated heterocycles. The van der Waals surface area contributed by atoms with Crippen molar-refractivity contribution >= 4 is 146 Å². The molecule has 12 aromatic rings. The highest BCUT2D eigenvalue weighted by molar-refractivity contribution is 6.15. The number of carbonyl (C=O) groups excluding carboxylic acids is 10. The van der Waals surface area contributed by atoms with Gasteiger partial charge in [-0.15, -0.1) is 0 Å². The Morgan fingerprint density at radius 2 is 0.585 bits per heavy atom. The molecule has 0 saturated carbocycles. The highest BCUT2D eigenvalue weighted by atomic mass is 16.6. The number of nitrogens with one attached hydrogen (secondary N) is 6. The Hall–Kier alpha value is -12.9. The fourth-order valence-electron chi connectivity index (χ4n) is 17.8. The van der Waals surface area contributed by atoms with Crippen molar-refractivity contribution in [3.63, 3.8) is 0 Å². The number of rotatable bonds is 22. The molecule has 684 valence electrons. The number of likely N-dealkylation sites (N-methyl/N-ethyl adjacent to an activating group) is 4. The monoisotopic (exact) mass is 1770 g/mol. The van der Waals surface area contributed by atoms with E-state index in [0.717, 1.165) is 149 Å². The first kappa shape index (κ1) is 91.8. The second-order valence-electron chi connectivity index (χ2n) is 36.2. The van der Waals surface area contributed by atoms with Gasteiger partial charge < -0.3 is 66.5 Å². The molecule has 10 amide bonds. The van der Waals surface area contributed by atoms with Gasteiger partial charge in [0.15, 0.2) is 0 Å². The third-order valence-corrected chi connectivity index (χ3v) is 24.8. The molecule has 130 heavy (non-hydrogen) atoms. The number of hydrogen-bond acceptors (Lipinski definition) is 24. The van der Waals surface area contributed by atoms with Crippen molar-refractivity contribution in [1.29, 1.82) is 0 Å². The van der Waals surface area contributed by atoms with Gasteiger partial charge in [0, 0.05) is 109 Å². The molecule has 10 heterocycles. The van der Waals surface area contributed by atoms with Crippen LogP contribution in [0.1, 0.15) is 165 Å². The first-order chi connectivity index (χ1) is 62.4. The lowest BCUT2D eigenvalue weighted by Crippen LogP contribution is -2.42. The Kier molecular flexibility index (Phi) is 28.5. The van der Waals surface area contributed by atoms with E-state index in [1.54, 1.807) is 39.1 Å². The maximum absolute atomic E-state index is 12.4. The number of fused-ring (bicyclic) bond motifs is 12. The first-order valence-electron chi connectivity index (χ1n) is 44.8. The number of benzene rings is 8. The minimum Gasteiger partial charge on any atom is -0.492 e. The number of carbonyl (C=O) groups is 10. The van der Waals surface area contributed by atoms with Crippen LogP contribution < -0.4 is 50.8 Å². The van der Waals surface area contributed by atoms with Crippen molar-refractivity contribution in [3.8, 4) is 23.0 Å². The molecule has 30 nitrogen and oxygen atoms in total. The molecule has 4 aromatic heterocycles. The van der Waals surface area contributed by atoms with Crippen LogP contribution in [0, 0.1) is 0 Å². The van der Waals surface area contributed by atoms with Crippen molar-refractivity contribution in [2.45, 2.75) is 166 Å². The largest absolute Gasteiger partial charge is 0.492 e. The van der Waals surface area contributed by atoms with E-state index in [-0.39, 0.29) is 59.1 Å². The lowest BCUT2D eigenvalue weighted by Gasteiger charge is -2.31. The summed E-state index contributed by atoms with van der Waals surface area (Å²) < 4.78 is 57.5. The molecular formula is C100H114N10O20.